The maximum Gasteiger partial charge on any atom is 0.397 e. The third-order valence-electron chi connectivity index (χ3n) is 5.95. The summed E-state index contributed by atoms with van der Waals surface area (Å²) in [5.74, 6) is 0. The van der Waals surface area contributed by atoms with Crippen LogP contribution >= 0.6 is 7.26 Å². The molecule has 176 valence electrons. The number of nitrogens with zero attached hydrogens (tertiary/aromatic N) is 1. The molecule has 1 heterocycles. The zero-order valence-corrected chi connectivity index (χ0v) is 21.8. The SMILES string of the molecule is CCOc1nc2ccc(C[P+](c3ccccc3)(c3ccccc3)c3ccccc3)cc2c(=O)o1.[Br-]. The van der Waals surface area contributed by atoms with Crippen molar-refractivity contribution in [2.75, 3.05) is 6.61 Å². The largest absolute Gasteiger partial charge is 1.00 e. The molecule has 4 aromatic carbocycles. The van der Waals surface area contributed by atoms with E-state index in [1.165, 1.54) is 15.9 Å². The van der Waals surface area contributed by atoms with Gasteiger partial charge in [0, 0.05) is 0 Å². The molecule has 0 bridgehead atoms. The van der Waals surface area contributed by atoms with E-state index in [-0.39, 0.29) is 23.1 Å². The van der Waals surface area contributed by atoms with E-state index in [0.29, 0.717) is 17.5 Å². The molecule has 0 amide bonds. The molecule has 0 saturated carbocycles. The van der Waals surface area contributed by atoms with Gasteiger partial charge >= 0.3 is 11.7 Å². The second kappa shape index (κ2) is 11.0. The zero-order valence-electron chi connectivity index (χ0n) is 19.3. The van der Waals surface area contributed by atoms with Crippen LogP contribution in [-0.4, -0.2) is 11.6 Å². The van der Waals surface area contributed by atoms with Gasteiger partial charge in [-0.2, -0.15) is 4.98 Å². The highest BCUT2D eigenvalue weighted by atomic mass is 79.9. The number of hydrogen-bond acceptors (Lipinski definition) is 4. The molecule has 0 aliphatic carbocycles. The Morgan fingerprint density at radius 3 is 1.77 bits per heavy atom. The second-order valence-corrected chi connectivity index (χ2v) is 11.5. The van der Waals surface area contributed by atoms with Gasteiger partial charge in [-0.25, -0.2) is 4.79 Å². The third-order valence-corrected chi connectivity index (χ3v) is 10.3. The molecule has 6 heteroatoms. The van der Waals surface area contributed by atoms with Crippen LogP contribution in [0.1, 0.15) is 12.5 Å². The van der Waals surface area contributed by atoms with E-state index in [1.807, 2.05) is 19.1 Å². The fraction of sp³-hybridized carbons (Fsp3) is 0.103. The highest BCUT2D eigenvalue weighted by Gasteiger charge is 2.45. The number of halogens is 1. The molecule has 5 rings (SSSR count). The lowest BCUT2D eigenvalue weighted by atomic mass is 10.2. The Labute approximate surface area is 215 Å². The molecule has 0 fully saturated rings. The van der Waals surface area contributed by atoms with Crippen molar-refractivity contribution >= 4 is 34.1 Å². The van der Waals surface area contributed by atoms with E-state index >= 15 is 0 Å². The van der Waals surface area contributed by atoms with Crippen LogP contribution in [0, 0.1) is 0 Å². The summed E-state index contributed by atoms with van der Waals surface area (Å²) >= 11 is 0. The van der Waals surface area contributed by atoms with Gasteiger partial charge in [-0.1, -0.05) is 60.7 Å². The third kappa shape index (κ3) is 4.93. The minimum absolute atomic E-state index is 0. The highest BCUT2D eigenvalue weighted by molar-refractivity contribution is 7.95. The Morgan fingerprint density at radius 1 is 0.771 bits per heavy atom. The summed E-state index contributed by atoms with van der Waals surface area (Å²) in [5.41, 5.74) is 1.21. The molecular formula is C29H25BrNO3P. The Morgan fingerprint density at radius 2 is 1.29 bits per heavy atom. The van der Waals surface area contributed by atoms with Crippen molar-refractivity contribution in [3.05, 3.63) is 125 Å². The maximum atomic E-state index is 12.7. The van der Waals surface area contributed by atoms with E-state index < -0.39 is 12.9 Å². The van der Waals surface area contributed by atoms with Gasteiger partial charge < -0.3 is 26.1 Å². The number of hydrogen-bond donors (Lipinski definition) is 0. The van der Waals surface area contributed by atoms with Gasteiger partial charge in [0.05, 0.1) is 23.7 Å². The van der Waals surface area contributed by atoms with Gasteiger partial charge in [0.25, 0.3) is 0 Å². The van der Waals surface area contributed by atoms with Crippen molar-refractivity contribution in [3.8, 4) is 6.08 Å². The van der Waals surface area contributed by atoms with Crippen LogP contribution in [0.4, 0.5) is 0 Å². The molecule has 5 aromatic rings. The van der Waals surface area contributed by atoms with Gasteiger partial charge in [0.15, 0.2) is 0 Å². The Kier molecular flexibility index (Phi) is 7.80. The Balaban J connectivity index is 0.00000289. The molecule has 0 unspecified atom stereocenters. The molecule has 0 aliphatic rings. The first-order valence-electron chi connectivity index (χ1n) is 11.3. The average Bonchev–Trinajstić information content (AvgIpc) is 2.89. The second-order valence-electron chi connectivity index (χ2n) is 8.03. The number of benzene rings is 4. The first-order valence-corrected chi connectivity index (χ1v) is 13.3. The average molecular weight is 546 g/mol. The van der Waals surface area contributed by atoms with Crippen molar-refractivity contribution in [2.45, 2.75) is 13.1 Å². The minimum Gasteiger partial charge on any atom is -1.00 e. The quantitative estimate of drug-likeness (QED) is 0.294. The normalized spacial score (nSPS) is 11.1. The van der Waals surface area contributed by atoms with Crippen molar-refractivity contribution in [1.29, 1.82) is 0 Å². The first kappa shape index (κ1) is 24.8. The van der Waals surface area contributed by atoms with Crippen molar-refractivity contribution in [3.63, 3.8) is 0 Å². The Bertz CT molecular complexity index is 1360. The van der Waals surface area contributed by atoms with E-state index in [9.17, 15) is 4.79 Å². The van der Waals surface area contributed by atoms with Crippen LogP contribution < -0.4 is 43.3 Å². The molecule has 0 N–H and O–H groups in total. The summed E-state index contributed by atoms with van der Waals surface area (Å²) < 4.78 is 10.6. The standard InChI is InChI=1S/C29H25NO3P.BrH/c1-2-32-29-30-27-19-18-22(20-26(27)28(31)33-29)21-34(23-12-6-3-7-13-23,24-14-8-4-9-15-24)25-16-10-5-11-17-25;/h3-20H,2,21H2,1H3;1H/q+1;/p-1. The predicted octanol–water partition coefficient (Wildman–Crippen LogP) is 2.08. The fourth-order valence-corrected chi connectivity index (χ4v) is 8.66. The van der Waals surface area contributed by atoms with Crippen LogP contribution in [0.25, 0.3) is 10.9 Å². The lowest BCUT2D eigenvalue weighted by Crippen LogP contribution is -3.00. The summed E-state index contributed by atoms with van der Waals surface area (Å²) in [6.07, 6.45) is 0.778. The molecule has 35 heavy (non-hydrogen) atoms. The number of rotatable bonds is 7. The van der Waals surface area contributed by atoms with Gasteiger partial charge in [0.1, 0.15) is 23.2 Å². The topological polar surface area (TPSA) is 52.3 Å². The summed E-state index contributed by atoms with van der Waals surface area (Å²) in [4.78, 5) is 17.1. The van der Waals surface area contributed by atoms with Gasteiger partial charge in [-0.15, -0.1) is 0 Å². The molecular weight excluding hydrogens is 521 g/mol. The molecule has 0 radical (unpaired) electrons. The van der Waals surface area contributed by atoms with Crippen molar-refractivity contribution in [1.82, 2.24) is 4.98 Å². The van der Waals surface area contributed by atoms with Crippen molar-refractivity contribution < 1.29 is 26.1 Å². The lowest BCUT2D eigenvalue weighted by Gasteiger charge is -2.28. The molecule has 4 nitrogen and oxygen atoms in total. The summed E-state index contributed by atoms with van der Waals surface area (Å²) in [5, 5.41) is 4.35. The zero-order chi connectivity index (χ0) is 23.4. The Hall–Kier alpha value is -3.27. The van der Waals surface area contributed by atoms with E-state index in [1.54, 1.807) is 0 Å². The van der Waals surface area contributed by atoms with Crippen molar-refractivity contribution in [2.24, 2.45) is 0 Å². The molecule has 0 saturated heterocycles. The first-order chi connectivity index (χ1) is 16.7. The fourth-order valence-electron chi connectivity index (χ4n) is 4.43. The smallest absolute Gasteiger partial charge is 0.397 e. The van der Waals surface area contributed by atoms with Crippen LogP contribution in [0.15, 0.2) is 118 Å². The summed E-state index contributed by atoms with van der Waals surface area (Å²) in [7, 11) is -2.07. The molecule has 0 aliphatic heterocycles. The number of fused-ring (bicyclic) bond motifs is 1. The van der Waals surface area contributed by atoms with Crippen LogP contribution in [0.5, 0.6) is 6.08 Å². The van der Waals surface area contributed by atoms with Gasteiger partial charge in [-0.05, 0) is 61.0 Å². The molecule has 0 spiro atoms. The number of aromatic nitrogens is 1. The molecule has 0 atom stereocenters. The van der Waals surface area contributed by atoms with Crippen LogP contribution in [-0.2, 0) is 6.16 Å². The van der Waals surface area contributed by atoms with E-state index in [2.05, 4.69) is 102 Å². The summed E-state index contributed by atoms with van der Waals surface area (Å²) in [6, 6.07) is 38.0. The van der Waals surface area contributed by atoms with Gasteiger partial charge in [-0.3, -0.25) is 0 Å². The highest BCUT2D eigenvalue weighted by Crippen LogP contribution is 2.58. The maximum absolute atomic E-state index is 12.7. The predicted molar refractivity (Wildman–Crippen MR) is 140 cm³/mol. The van der Waals surface area contributed by atoms with Gasteiger partial charge in [0.2, 0.25) is 0 Å². The van der Waals surface area contributed by atoms with Crippen LogP contribution in [0.2, 0.25) is 0 Å². The van der Waals surface area contributed by atoms with E-state index in [0.717, 1.165) is 11.7 Å². The lowest BCUT2D eigenvalue weighted by molar-refractivity contribution is -0.00000871. The molecule has 1 aromatic heterocycles. The van der Waals surface area contributed by atoms with E-state index in [4.69, 9.17) is 9.15 Å². The van der Waals surface area contributed by atoms with Crippen LogP contribution in [0.3, 0.4) is 0 Å². The monoisotopic (exact) mass is 545 g/mol. The summed E-state index contributed by atoms with van der Waals surface area (Å²) in [6.45, 7) is 2.22. The minimum atomic E-state index is -2.07. The number of ether oxygens (including phenoxy) is 1.